The van der Waals surface area contributed by atoms with Crippen molar-refractivity contribution in [2.75, 3.05) is 6.61 Å². The van der Waals surface area contributed by atoms with Gasteiger partial charge in [-0.25, -0.2) is 0 Å². The normalized spacial score (nSPS) is 13.0. The van der Waals surface area contributed by atoms with E-state index in [1.165, 1.54) is 0 Å². The van der Waals surface area contributed by atoms with Gasteiger partial charge in [0, 0.05) is 8.59 Å². The molecular formula is C8H9ClINO. The van der Waals surface area contributed by atoms with Gasteiger partial charge in [-0.3, -0.25) is 0 Å². The van der Waals surface area contributed by atoms with Gasteiger partial charge in [-0.15, -0.1) is 0 Å². The third-order valence-corrected chi connectivity index (χ3v) is 2.77. The van der Waals surface area contributed by atoms with E-state index < -0.39 is 0 Å². The molecule has 0 bridgehead atoms. The van der Waals surface area contributed by atoms with Crippen LogP contribution in [0.2, 0.25) is 5.02 Å². The Balaban J connectivity index is 3.04. The lowest BCUT2D eigenvalue weighted by Gasteiger charge is -2.10. The van der Waals surface area contributed by atoms with Gasteiger partial charge in [-0.2, -0.15) is 0 Å². The van der Waals surface area contributed by atoms with Gasteiger partial charge in [0.2, 0.25) is 0 Å². The molecule has 0 spiro atoms. The molecule has 1 aromatic carbocycles. The Morgan fingerprint density at radius 1 is 1.58 bits per heavy atom. The SMILES string of the molecule is N[C@H](CO)c1cc(Cl)ccc1I. The molecule has 1 atom stereocenters. The van der Waals surface area contributed by atoms with Crippen LogP contribution in [0.4, 0.5) is 0 Å². The molecule has 66 valence electrons. The van der Waals surface area contributed by atoms with Crippen molar-refractivity contribution in [2.45, 2.75) is 6.04 Å². The van der Waals surface area contributed by atoms with Gasteiger partial charge in [-0.05, 0) is 46.4 Å². The Bertz CT molecular complexity index is 280. The van der Waals surface area contributed by atoms with Gasteiger partial charge in [0.1, 0.15) is 0 Å². The molecule has 0 saturated heterocycles. The summed E-state index contributed by atoms with van der Waals surface area (Å²) in [6, 6.07) is 5.13. The molecule has 0 saturated carbocycles. The van der Waals surface area contributed by atoms with Crippen LogP contribution in [0, 0.1) is 3.57 Å². The molecule has 1 rings (SSSR count). The molecular weight excluding hydrogens is 288 g/mol. The van der Waals surface area contributed by atoms with Gasteiger partial charge >= 0.3 is 0 Å². The number of hydrogen-bond donors (Lipinski definition) is 2. The van der Waals surface area contributed by atoms with Crippen molar-refractivity contribution in [3.63, 3.8) is 0 Å². The van der Waals surface area contributed by atoms with Crippen LogP contribution in [0.5, 0.6) is 0 Å². The van der Waals surface area contributed by atoms with Crippen molar-refractivity contribution in [1.82, 2.24) is 0 Å². The topological polar surface area (TPSA) is 46.2 Å². The van der Waals surface area contributed by atoms with Gasteiger partial charge in [0.05, 0.1) is 12.6 Å². The molecule has 0 fully saturated rings. The Morgan fingerprint density at radius 2 is 2.25 bits per heavy atom. The lowest BCUT2D eigenvalue weighted by molar-refractivity contribution is 0.267. The van der Waals surface area contributed by atoms with Crippen LogP contribution in [0.15, 0.2) is 18.2 Å². The first-order valence-corrected chi connectivity index (χ1v) is 4.92. The zero-order valence-corrected chi connectivity index (χ0v) is 9.21. The van der Waals surface area contributed by atoms with Crippen molar-refractivity contribution in [1.29, 1.82) is 0 Å². The smallest absolute Gasteiger partial charge is 0.0624 e. The number of benzene rings is 1. The summed E-state index contributed by atoms with van der Waals surface area (Å²) in [4.78, 5) is 0. The van der Waals surface area contributed by atoms with Crippen LogP contribution in [0.3, 0.4) is 0 Å². The molecule has 0 amide bonds. The third kappa shape index (κ3) is 2.32. The van der Waals surface area contributed by atoms with Gasteiger partial charge in [-0.1, -0.05) is 11.6 Å². The maximum atomic E-state index is 8.83. The highest BCUT2D eigenvalue weighted by atomic mass is 127. The van der Waals surface area contributed by atoms with Crippen molar-refractivity contribution in [3.8, 4) is 0 Å². The number of rotatable bonds is 2. The highest BCUT2D eigenvalue weighted by Crippen LogP contribution is 2.22. The number of aliphatic hydroxyl groups excluding tert-OH is 1. The molecule has 0 aromatic heterocycles. The molecule has 3 N–H and O–H groups in total. The van der Waals surface area contributed by atoms with E-state index in [1.54, 1.807) is 12.1 Å². The minimum atomic E-state index is -0.337. The monoisotopic (exact) mass is 297 g/mol. The van der Waals surface area contributed by atoms with Gasteiger partial charge in [0.25, 0.3) is 0 Å². The lowest BCUT2D eigenvalue weighted by Crippen LogP contribution is -2.15. The van der Waals surface area contributed by atoms with Crippen LogP contribution in [0.1, 0.15) is 11.6 Å². The van der Waals surface area contributed by atoms with Crippen molar-refractivity contribution < 1.29 is 5.11 Å². The number of hydrogen-bond acceptors (Lipinski definition) is 2. The van der Waals surface area contributed by atoms with Gasteiger partial charge < -0.3 is 10.8 Å². The highest BCUT2D eigenvalue weighted by Gasteiger charge is 2.08. The summed E-state index contributed by atoms with van der Waals surface area (Å²) in [5, 5.41) is 9.48. The lowest BCUT2D eigenvalue weighted by atomic mass is 10.1. The first-order chi connectivity index (χ1) is 5.65. The summed E-state index contributed by atoms with van der Waals surface area (Å²) in [6.07, 6.45) is 0. The van der Waals surface area contributed by atoms with Crippen LogP contribution in [-0.4, -0.2) is 11.7 Å². The fourth-order valence-corrected chi connectivity index (χ4v) is 1.81. The second kappa shape index (κ2) is 4.41. The van der Waals surface area contributed by atoms with E-state index in [4.69, 9.17) is 22.4 Å². The standard InChI is InChI=1S/C8H9ClINO/c9-5-1-2-7(10)6(3-5)8(11)4-12/h1-3,8,12H,4,11H2/t8-/m1/s1. The van der Waals surface area contributed by atoms with E-state index in [2.05, 4.69) is 22.6 Å². The van der Waals surface area contributed by atoms with E-state index in [9.17, 15) is 0 Å². The number of nitrogens with two attached hydrogens (primary N) is 1. The summed E-state index contributed by atoms with van der Waals surface area (Å²) < 4.78 is 1.03. The molecule has 0 unspecified atom stereocenters. The molecule has 0 aliphatic heterocycles. The average Bonchev–Trinajstić information content (AvgIpc) is 2.08. The van der Waals surface area contributed by atoms with Crippen LogP contribution < -0.4 is 5.73 Å². The molecule has 0 aliphatic rings. The summed E-state index contributed by atoms with van der Waals surface area (Å²) in [5.41, 5.74) is 6.54. The van der Waals surface area contributed by atoms with Crippen LogP contribution in [-0.2, 0) is 0 Å². The summed E-state index contributed by atoms with van der Waals surface area (Å²) in [7, 11) is 0. The van der Waals surface area contributed by atoms with Gasteiger partial charge in [0.15, 0.2) is 0 Å². The van der Waals surface area contributed by atoms with E-state index >= 15 is 0 Å². The molecule has 0 aliphatic carbocycles. The van der Waals surface area contributed by atoms with E-state index in [1.807, 2.05) is 6.07 Å². The third-order valence-electron chi connectivity index (χ3n) is 1.55. The van der Waals surface area contributed by atoms with Crippen molar-refractivity contribution in [3.05, 3.63) is 32.4 Å². The molecule has 1 aromatic rings. The van der Waals surface area contributed by atoms with E-state index in [-0.39, 0.29) is 12.6 Å². The zero-order valence-electron chi connectivity index (χ0n) is 6.30. The van der Waals surface area contributed by atoms with Crippen molar-refractivity contribution in [2.24, 2.45) is 5.73 Å². The van der Waals surface area contributed by atoms with E-state index in [0.717, 1.165) is 9.13 Å². The molecule has 2 nitrogen and oxygen atoms in total. The fourth-order valence-electron chi connectivity index (χ4n) is 0.897. The van der Waals surface area contributed by atoms with Crippen molar-refractivity contribution >= 4 is 34.2 Å². The minimum Gasteiger partial charge on any atom is -0.394 e. The minimum absolute atomic E-state index is 0.0592. The fraction of sp³-hybridized carbons (Fsp3) is 0.250. The van der Waals surface area contributed by atoms with Crippen LogP contribution >= 0.6 is 34.2 Å². The average molecular weight is 298 g/mol. The second-order valence-corrected chi connectivity index (χ2v) is 4.05. The molecule has 12 heavy (non-hydrogen) atoms. The molecule has 4 heteroatoms. The first kappa shape index (κ1) is 10.2. The summed E-state index contributed by atoms with van der Waals surface area (Å²) >= 11 is 7.94. The zero-order chi connectivity index (χ0) is 9.14. The summed E-state index contributed by atoms with van der Waals surface area (Å²) in [5.74, 6) is 0. The Labute approximate surface area is 89.9 Å². The van der Waals surface area contributed by atoms with Crippen LogP contribution in [0.25, 0.3) is 0 Å². The Morgan fingerprint density at radius 3 is 2.83 bits per heavy atom. The predicted octanol–water partition coefficient (Wildman–Crippen LogP) is 1.94. The summed E-state index contributed by atoms with van der Waals surface area (Å²) in [6.45, 7) is -0.0592. The largest absolute Gasteiger partial charge is 0.394 e. The number of halogens is 2. The quantitative estimate of drug-likeness (QED) is 0.820. The number of aliphatic hydroxyl groups is 1. The maximum absolute atomic E-state index is 8.83. The Kier molecular flexibility index (Phi) is 3.77. The Hall–Kier alpha value is 0.160. The predicted molar refractivity (Wildman–Crippen MR) is 58.2 cm³/mol. The molecule has 0 radical (unpaired) electrons. The first-order valence-electron chi connectivity index (χ1n) is 3.46. The molecule has 0 heterocycles. The maximum Gasteiger partial charge on any atom is 0.0624 e. The van der Waals surface area contributed by atoms with E-state index in [0.29, 0.717) is 5.02 Å². The second-order valence-electron chi connectivity index (χ2n) is 2.45. The highest BCUT2D eigenvalue weighted by molar-refractivity contribution is 14.1.